The molecule has 20 heavy (non-hydrogen) atoms. The summed E-state index contributed by atoms with van der Waals surface area (Å²) < 4.78 is 15.9. The van der Waals surface area contributed by atoms with E-state index in [0.717, 1.165) is 34.8 Å². The van der Waals surface area contributed by atoms with E-state index in [4.69, 9.17) is 19.9 Å². The van der Waals surface area contributed by atoms with Crippen LogP contribution in [0.5, 0.6) is 17.2 Å². The molecule has 0 saturated carbocycles. The number of rotatable bonds is 4. The van der Waals surface area contributed by atoms with Gasteiger partial charge in [-0.1, -0.05) is 18.2 Å². The highest BCUT2D eigenvalue weighted by Gasteiger charge is 2.16. The maximum Gasteiger partial charge on any atom is 0.231 e. The average Bonchev–Trinajstić information content (AvgIpc) is 2.94. The van der Waals surface area contributed by atoms with E-state index in [1.165, 1.54) is 0 Å². The molecule has 2 aromatic carbocycles. The van der Waals surface area contributed by atoms with E-state index < -0.39 is 0 Å². The topological polar surface area (TPSA) is 53.7 Å². The van der Waals surface area contributed by atoms with Gasteiger partial charge in [-0.2, -0.15) is 0 Å². The van der Waals surface area contributed by atoms with Crippen molar-refractivity contribution in [2.45, 2.75) is 12.5 Å². The van der Waals surface area contributed by atoms with Gasteiger partial charge in [0.2, 0.25) is 6.79 Å². The van der Waals surface area contributed by atoms with E-state index in [0.29, 0.717) is 0 Å². The first-order valence-electron chi connectivity index (χ1n) is 6.54. The summed E-state index contributed by atoms with van der Waals surface area (Å²) in [5.41, 5.74) is 8.46. The number of benzene rings is 2. The molecule has 3 rings (SSSR count). The van der Waals surface area contributed by atoms with Crippen molar-refractivity contribution in [2.24, 2.45) is 5.73 Å². The Kier molecular flexibility index (Phi) is 3.48. The molecule has 0 radical (unpaired) electrons. The van der Waals surface area contributed by atoms with Crippen molar-refractivity contribution in [3.05, 3.63) is 53.6 Å². The predicted octanol–water partition coefficient (Wildman–Crippen LogP) is 2.67. The maximum absolute atomic E-state index is 6.28. The largest absolute Gasteiger partial charge is 0.497 e. The van der Waals surface area contributed by atoms with Crippen molar-refractivity contribution in [1.82, 2.24) is 0 Å². The second kappa shape index (κ2) is 5.43. The van der Waals surface area contributed by atoms with Gasteiger partial charge >= 0.3 is 0 Å². The van der Waals surface area contributed by atoms with Gasteiger partial charge in [0.25, 0.3) is 0 Å². The van der Waals surface area contributed by atoms with Crippen LogP contribution in [0.1, 0.15) is 17.2 Å². The minimum absolute atomic E-state index is 0.0865. The van der Waals surface area contributed by atoms with Gasteiger partial charge in [0.15, 0.2) is 11.5 Å². The molecular weight excluding hydrogens is 254 g/mol. The highest BCUT2D eigenvalue weighted by molar-refractivity contribution is 5.45. The van der Waals surface area contributed by atoms with Crippen molar-refractivity contribution in [3.63, 3.8) is 0 Å². The van der Waals surface area contributed by atoms with Crippen molar-refractivity contribution in [1.29, 1.82) is 0 Å². The number of hydrogen-bond acceptors (Lipinski definition) is 4. The average molecular weight is 271 g/mol. The second-order valence-corrected chi connectivity index (χ2v) is 4.77. The Morgan fingerprint density at radius 1 is 1.15 bits per heavy atom. The van der Waals surface area contributed by atoms with Crippen LogP contribution in [0.4, 0.5) is 0 Å². The lowest BCUT2D eigenvalue weighted by atomic mass is 9.99. The van der Waals surface area contributed by atoms with Gasteiger partial charge in [-0.05, 0) is 41.8 Å². The van der Waals surface area contributed by atoms with E-state index in [-0.39, 0.29) is 12.8 Å². The van der Waals surface area contributed by atoms with E-state index in [2.05, 4.69) is 6.07 Å². The summed E-state index contributed by atoms with van der Waals surface area (Å²) in [7, 11) is 1.66. The van der Waals surface area contributed by atoms with Crippen LogP contribution in [-0.4, -0.2) is 13.9 Å². The molecule has 1 heterocycles. The van der Waals surface area contributed by atoms with Crippen LogP contribution >= 0.6 is 0 Å². The lowest BCUT2D eigenvalue weighted by Crippen LogP contribution is -2.13. The van der Waals surface area contributed by atoms with Crippen LogP contribution in [0.3, 0.4) is 0 Å². The third-order valence-electron chi connectivity index (χ3n) is 3.41. The summed E-state index contributed by atoms with van der Waals surface area (Å²) >= 11 is 0. The third kappa shape index (κ3) is 2.56. The normalized spacial score (nSPS) is 14.1. The van der Waals surface area contributed by atoms with Crippen LogP contribution in [0.15, 0.2) is 42.5 Å². The molecule has 0 fully saturated rings. The molecule has 4 nitrogen and oxygen atoms in total. The van der Waals surface area contributed by atoms with E-state index >= 15 is 0 Å². The molecule has 0 aromatic heterocycles. The summed E-state index contributed by atoms with van der Waals surface area (Å²) in [6.45, 7) is 0.282. The fraction of sp³-hybridized carbons (Fsp3) is 0.250. The zero-order chi connectivity index (χ0) is 13.9. The van der Waals surface area contributed by atoms with Crippen molar-refractivity contribution < 1.29 is 14.2 Å². The molecule has 1 aliphatic heterocycles. The number of nitrogens with two attached hydrogens (primary N) is 1. The van der Waals surface area contributed by atoms with Gasteiger partial charge in [-0.15, -0.1) is 0 Å². The highest BCUT2D eigenvalue weighted by atomic mass is 16.7. The summed E-state index contributed by atoms with van der Waals surface area (Å²) in [4.78, 5) is 0. The molecule has 0 bridgehead atoms. The Balaban J connectivity index is 1.77. The van der Waals surface area contributed by atoms with Gasteiger partial charge in [-0.25, -0.2) is 0 Å². The quantitative estimate of drug-likeness (QED) is 0.929. The first-order chi connectivity index (χ1) is 9.76. The van der Waals surface area contributed by atoms with Gasteiger partial charge in [-0.3, -0.25) is 0 Å². The van der Waals surface area contributed by atoms with Gasteiger partial charge in [0.05, 0.1) is 7.11 Å². The minimum atomic E-state index is -0.0865. The monoisotopic (exact) mass is 271 g/mol. The molecule has 2 aromatic rings. The van der Waals surface area contributed by atoms with E-state index in [1.807, 2.05) is 36.4 Å². The van der Waals surface area contributed by atoms with Gasteiger partial charge in [0, 0.05) is 6.04 Å². The van der Waals surface area contributed by atoms with Crippen LogP contribution in [0, 0.1) is 0 Å². The Morgan fingerprint density at radius 3 is 2.85 bits per heavy atom. The highest BCUT2D eigenvalue weighted by Crippen LogP contribution is 2.34. The van der Waals surface area contributed by atoms with Crippen LogP contribution in [-0.2, 0) is 6.42 Å². The predicted molar refractivity (Wildman–Crippen MR) is 76.2 cm³/mol. The molecule has 4 heteroatoms. The molecule has 0 amide bonds. The van der Waals surface area contributed by atoms with Crippen LogP contribution in [0.25, 0.3) is 0 Å². The zero-order valence-corrected chi connectivity index (χ0v) is 11.3. The smallest absolute Gasteiger partial charge is 0.231 e. The Hall–Kier alpha value is -2.20. The fourth-order valence-corrected chi connectivity index (χ4v) is 2.31. The Morgan fingerprint density at radius 2 is 2.00 bits per heavy atom. The number of fused-ring (bicyclic) bond motifs is 1. The number of methoxy groups -OCH3 is 1. The molecule has 1 unspecified atom stereocenters. The molecule has 1 aliphatic rings. The maximum atomic E-state index is 6.28. The van der Waals surface area contributed by atoms with Gasteiger partial charge < -0.3 is 19.9 Å². The lowest BCUT2D eigenvalue weighted by molar-refractivity contribution is 0.174. The standard InChI is InChI=1S/C16H17NO3/c1-18-13-4-2-3-11(7-13)8-14(17)12-5-6-15-16(9-12)20-10-19-15/h2-7,9,14H,8,10,17H2,1H3. The van der Waals surface area contributed by atoms with Crippen molar-refractivity contribution >= 4 is 0 Å². The van der Waals surface area contributed by atoms with Gasteiger partial charge in [0.1, 0.15) is 5.75 Å². The number of ether oxygens (including phenoxy) is 3. The summed E-state index contributed by atoms with van der Waals surface area (Å²) in [5.74, 6) is 2.39. The van der Waals surface area contributed by atoms with E-state index in [9.17, 15) is 0 Å². The minimum Gasteiger partial charge on any atom is -0.497 e. The van der Waals surface area contributed by atoms with Crippen LogP contribution in [0.2, 0.25) is 0 Å². The Bertz CT molecular complexity index is 612. The molecule has 0 saturated heterocycles. The molecule has 2 N–H and O–H groups in total. The van der Waals surface area contributed by atoms with Crippen molar-refractivity contribution in [3.8, 4) is 17.2 Å². The summed E-state index contributed by atoms with van der Waals surface area (Å²) in [5, 5.41) is 0. The summed E-state index contributed by atoms with van der Waals surface area (Å²) in [6.07, 6.45) is 0.747. The molecule has 0 spiro atoms. The molecule has 1 atom stereocenters. The molecule has 104 valence electrons. The second-order valence-electron chi connectivity index (χ2n) is 4.77. The first kappa shape index (κ1) is 12.8. The van der Waals surface area contributed by atoms with E-state index in [1.54, 1.807) is 7.11 Å². The summed E-state index contributed by atoms with van der Waals surface area (Å²) in [6, 6.07) is 13.7. The fourth-order valence-electron chi connectivity index (χ4n) is 2.31. The van der Waals surface area contributed by atoms with Crippen molar-refractivity contribution in [2.75, 3.05) is 13.9 Å². The first-order valence-corrected chi connectivity index (χ1v) is 6.54. The molecular formula is C16H17NO3. The number of hydrogen-bond donors (Lipinski definition) is 1. The Labute approximate surface area is 118 Å². The third-order valence-corrected chi connectivity index (χ3v) is 3.41. The van der Waals surface area contributed by atoms with Crippen LogP contribution < -0.4 is 19.9 Å². The lowest BCUT2D eigenvalue weighted by Gasteiger charge is -2.13. The SMILES string of the molecule is COc1cccc(CC(N)c2ccc3c(c2)OCO3)c1. The zero-order valence-electron chi connectivity index (χ0n) is 11.3. The molecule has 0 aliphatic carbocycles.